The van der Waals surface area contributed by atoms with Crippen molar-refractivity contribution >= 4 is 11.3 Å². The van der Waals surface area contributed by atoms with Gasteiger partial charge >= 0.3 is 0 Å². The smallest absolute Gasteiger partial charge is 0.230 e. The fraction of sp³-hybridized carbons (Fsp3) is 0.222. The number of hydrogen-bond acceptors (Lipinski definition) is 5. The first kappa shape index (κ1) is 17.5. The van der Waals surface area contributed by atoms with Gasteiger partial charge in [-0.1, -0.05) is 59.3 Å². The Morgan fingerprint density at radius 1 is 1.16 bits per heavy atom. The molecule has 0 radical (unpaired) electrons. The van der Waals surface area contributed by atoms with Crippen molar-refractivity contribution < 1.29 is 13.3 Å². The van der Waals surface area contributed by atoms with E-state index in [1.807, 2.05) is 18.2 Å². The number of nitrogens with two attached hydrogens (primary N) is 1. The lowest BCUT2D eigenvalue weighted by Gasteiger charge is -1.96. The van der Waals surface area contributed by atoms with Crippen molar-refractivity contribution in [2.24, 2.45) is 5.14 Å². The van der Waals surface area contributed by atoms with Crippen LogP contribution in [0.1, 0.15) is 35.3 Å². The zero-order valence-corrected chi connectivity index (χ0v) is 14.5. The zero-order chi connectivity index (χ0) is 17.8. The van der Waals surface area contributed by atoms with Crippen molar-refractivity contribution in [2.75, 3.05) is 0 Å². The van der Waals surface area contributed by atoms with Gasteiger partial charge in [0.15, 0.2) is 0 Å². The van der Waals surface area contributed by atoms with Gasteiger partial charge in [-0.15, -0.1) is 0 Å². The second kappa shape index (κ2) is 7.69. The maximum Gasteiger partial charge on any atom is 0.230 e. The Labute approximate surface area is 148 Å². The van der Waals surface area contributed by atoms with Crippen LogP contribution in [0.3, 0.4) is 0 Å². The van der Waals surface area contributed by atoms with Crippen molar-refractivity contribution in [3.05, 3.63) is 71.6 Å². The van der Waals surface area contributed by atoms with Crippen LogP contribution >= 0.6 is 0 Å². The molecule has 1 saturated carbocycles. The number of nitrogens with zero attached hydrogens (tertiary/aromatic N) is 2. The van der Waals surface area contributed by atoms with Gasteiger partial charge in [0.05, 0.1) is 0 Å². The molecule has 3 aromatic rings. The first-order chi connectivity index (χ1) is 12.0. The standard InChI is InChI=1S/C18H16N2O.H3NO2S/c1-12-6-5-9-14(10-12)17-19-18(21-20-17)16-11-15(16)13-7-3-2-4-8-13;1-4(2)3/h2-10,15-16H,11H2,1H3;1H2,(H,2,3)/p-1/t15-,16+;/m0./s1. The quantitative estimate of drug-likeness (QED) is 0.726. The van der Waals surface area contributed by atoms with Gasteiger partial charge in [-0.05, 0) is 30.9 Å². The number of aryl methyl sites for hydroxylation is 1. The van der Waals surface area contributed by atoms with Crippen LogP contribution in [0.25, 0.3) is 11.4 Å². The number of hydrogen-bond donors (Lipinski definition) is 1. The lowest BCUT2D eigenvalue weighted by Crippen LogP contribution is -1.97. The van der Waals surface area contributed by atoms with Gasteiger partial charge in [-0.25, -0.2) is 0 Å². The molecule has 0 saturated heterocycles. The Bertz CT molecular complexity index is 863. The minimum absolute atomic E-state index is 0.374. The topological polar surface area (TPSA) is 105 Å². The predicted octanol–water partition coefficient (Wildman–Crippen LogP) is 3.06. The molecule has 1 aromatic heterocycles. The first-order valence-electron chi connectivity index (χ1n) is 7.84. The average molecular weight is 356 g/mol. The monoisotopic (exact) mass is 356 g/mol. The second-order valence-corrected chi connectivity index (χ2v) is 6.47. The summed E-state index contributed by atoms with van der Waals surface area (Å²) in [6.07, 6.45) is 1.10. The second-order valence-electron chi connectivity index (χ2n) is 5.95. The van der Waals surface area contributed by atoms with Crippen LogP contribution in [0.2, 0.25) is 0 Å². The molecule has 2 N–H and O–H groups in total. The molecule has 1 heterocycles. The number of benzene rings is 2. The number of rotatable bonds is 3. The molecule has 6 nitrogen and oxygen atoms in total. The molecule has 1 aliphatic rings. The van der Waals surface area contributed by atoms with E-state index < -0.39 is 11.3 Å². The Morgan fingerprint density at radius 3 is 2.56 bits per heavy atom. The summed E-state index contributed by atoms with van der Waals surface area (Å²) >= 11 is -2.36. The summed E-state index contributed by atoms with van der Waals surface area (Å²) in [7, 11) is 0. The highest BCUT2D eigenvalue weighted by Gasteiger charge is 2.43. The summed E-state index contributed by atoms with van der Waals surface area (Å²) in [5.41, 5.74) is 3.58. The lowest BCUT2D eigenvalue weighted by atomic mass is 10.1. The minimum atomic E-state index is -2.36. The molecule has 1 aliphatic carbocycles. The van der Waals surface area contributed by atoms with Crippen LogP contribution in [-0.4, -0.2) is 18.9 Å². The van der Waals surface area contributed by atoms with Crippen LogP contribution in [0.15, 0.2) is 59.1 Å². The van der Waals surface area contributed by atoms with Gasteiger partial charge in [0, 0.05) is 22.7 Å². The van der Waals surface area contributed by atoms with Crippen LogP contribution < -0.4 is 5.14 Å². The van der Waals surface area contributed by atoms with E-state index in [1.165, 1.54) is 11.1 Å². The van der Waals surface area contributed by atoms with Gasteiger partial charge in [0.2, 0.25) is 11.7 Å². The van der Waals surface area contributed by atoms with E-state index >= 15 is 0 Å². The van der Waals surface area contributed by atoms with Crippen molar-refractivity contribution in [2.45, 2.75) is 25.2 Å². The third-order valence-electron chi connectivity index (χ3n) is 4.05. The van der Waals surface area contributed by atoms with Crippen LogP contribution in [-0.2, 0) is 11.3 Å². The van der Waals surface area contributed by atoms with Crippen LogP contribution in [0.4, 0.5) is 0 Å². The van der Waals surface area contributed by atoms with Crippen molar-refractivity contribution in [3.8, 4) is 11.4 Å². The first-order valence-corrected chi connectivity index (χ1v) is 8.97. The normalized spacial score (nSPS) is 19.6. The Balaban J connectivity index is 0.000000415. The van der Waals surface area contributed by atoms with Crippen molar-refractivity contribution in [3.63, 3.8) is 0 Å². The molecule has 0 bridgehead atoms. The SMILES string of the molecule is Cc1cccc(-c2noc([C@@H]3C[C@H]3c3ccccc3)n2)c1.NS(=O)[O-]. The van der Waals surface area contributed by atoms with E-state index in [1.54, 1.807) is 0 Å². The molecule has 3 atom stereocenters. The third-order valence-corrected chi connectivity index (χ3v) is 4.05. The van der Waals surface area contributed by atoms with Crippen molar-refractivity contribution in [1.82, 2.24) is 10.1 Å². The highest BCUT2D eigenvalue weighted by atomic mass is 32.2. The Hall–Kier alpha value is -2.35. The molecule has 1 fully saturated rings. The third kappa shape index (κ3) is 4.60. The highest BCUT2D eigenvalue weighted by Crippen LogP contribution is 2.54. The maximum atomic E-state index is 8.78. The highest BCUT2D eigenvalue weighted by molar-refractivity contribution is 7.76. The molecule has 0 spiro atoms. The van der Waals surface area contributed by atoms with Crippen molar-refractivity contribution in [1.29, 1.82) is 0 Å². The molecule has 25 heavy (non-hydrogen) atoms. The van der Waals surface area contributed by atoms with Gasteiger partial charge in [0.25, 0.3) is 0 Å². The molecule has 0 amide bonds. The average Bonchev–Trinajstić information content (AvgIpc) is 3.24. The Morgan fingerprint density at radius 2 is 1.88 bits per heavy atom. The maximum absolute atomic E-state index is 8.78. The lowest BCUT2D eigenvalue weighted by molar-refractivity contribution is 0.378. The molecule has 130 valence electrons. The van der Waals surface area contributed by atoms with E-state index in [9.17, 15) is 0 Å². The molecular formula is C18H18N3O3S-. The van der Waals surface area contributed by atoms with Gasteiger partial charge in [-0.2, -0.15) is 4.98 Å². The zero-order valence-electron chi connectivity index (χ0n) is 13.7. The largest absolute Gasteiger partial charge is 0.760 e. The van der Waals surface area contributed by atoms with Gasteiger partial charge < -0.3 is 9.08 Å². The van der Waals surface area contributed by atoms with E-state index in [0.29, 0.717) is 17.7 Å². The molecule has 4 rings (SSSR count). The van der Waals surface area contributed by atoms with Crippen LogP contribution in [0, 0.1) is 6.92 Å². The van der Waals surface area contributed by atoms with E-state index in [-0.39, 0.29) is 0 Å². The summed E-state index contributed by atoms with van der Waals surface area (Å²) in [4.78, 5) is 4.58. The molecule has 1 unspecified atom stereocenters. The summed E-state index contributed by atoms with van der Waals surface area (Å²) < 4.78 is 23.0. The molecular weight excluding hydrogens is 338 g/mol. The fourth-order valence-corrected chi connectivity index (χ4v) is 2.82. The predicted molar refractivity (Wildman–Crippen MR) is 94.1 cm³/mol. The van der Waals surface area contributed by atoms with Crippen LogP contribution in [0.5, 0.6) is 0 Å². The summed E-state index contributed by atoms with van der Waals surface area (Å²) in [5, 5.41) is 8.16. The van der Waals surface area contributed by atoms with E-state index in [4.69, 9.17) is 13.3 Å². The number of aromatic nitrogens is 2. The van der Waals surface area contributed by atoms with Gasteiger partial charge in [0.1, 0.15) is 0 Å². The van der Waals surface area contributed by atoms with E-state index in [0.717, 1.165) is 17.9 Å². The molecule has 7 heteroatoms. The summed E-state index contributed by atoms with van der Waals surface area (Å²) in [6, 6.07) is 18.7. The van der Waals surface area contributed by atoms with E-state index in [2.05, 4.69) is 58.6 Å². The summed E-state index contributed by atoms with van der Waals surface area (Å²) in [6.45, 7) is 2.07. The fourth-order valence-electron chi connectivity index (χ4n) is 2.82. The molecule has 0 aliphatic heterocycles. The minimum Gasteiger partial charge on any atom is -0.760 e. The molecule has 2 aromatic carbocycles. The summed E-state index contributed by atoms with van der Waals surface area (Å²) in [5.74, 6) is 2.35. The Kier molecular flexibility index (Phi) is 5.37. The van der Waals surface area contributed by atoms with Gasteiger partial charge in [-0.3, -0.25) is 9.35 Å².